The summed E-state index contributed by atoms with van der Waals surface area (Å²) in [5.74, 6) is -1.00. The number of nitrogens with zero attached hydrogens (tertiary/aromatic N) is 1. The molecule has 0 bridgehead atoms. The van der Waals surface area contributed by atoms with Crippen LogP contribution in [0.4, 0.5) is 8.78 Å². The topological polar surface area (TPSA) is 23.5 Å². The second-order valence-electron chi connectivity index (χ2n) is 5.19. The molecule has 2 rings (SSSR count). The monoisotopic (exact) mass is 269 g/mol. The van der Waals surface area contributed by atoms with Crippen molar-refractivity contribution in [1.82, 2.24) is 4.90 Å². The van der Waals surface area contributed by atoms with Gasteiger partial charge in [0.2, 0.25) is 0 Å². The smallest absolute Gasteiger partial charge is 0.130 e. The van der Waals surface area contributed by atoms with Crippen molar-refractivity contribution in [3.8, 4) is 0 Å². The van der Waals surface area contributed by atoms with Gasteiger partial charge in [0, 0.05) is 24.7 Å². The zero-order chi connectivity index (χ0) is 13.7. The lowest BCUT2D eigenvalue weighted by Gasteiger charge is -2.34. The molecule has 19 heavy (non-hydrogen) atoms. The zero-order valence-electron chi connectivity index (χ0n) is 11.1. The minimum Gasteiger partial charge on any atom is -0.395 e. The fraction of sp³-hybridized carbons (Fsp3) is 0.600. The van der Waals surface area contributed by atoms with Gasteiger partial charge >= 0.3 is 0 Å². The number of rotatable bonds is 5. The van der Waals surface area contributed by atoms with Crippen LogP contribution in [0.3, 0.4) is 0 Å². The molecule has 1 N–H and O–H groups in total. The molecule has 0 atom stereocenters. The molecular weight excluding hydrogens is 248 g/mol. The first-order chi connectivity index (χ1) is 9.22. The molecule has 1 aromatic rings. The van der Waals surface area contributed by atoms with Crippen LogP contribution in [0.2, 0.25) is 0 Å². The zero-order valence-corrected chi connectivity index (χ0v) is 11.1. The standard InChI is InChI=1S/C15H21F2NO/c16-14-7-4-8-15(17)13(14)11-18(9-10-19)12-5-2-1-3-6-12/h4,7-8,12,19H,1-3,5-6,9-11H2. The van der Waals surface area contributed by atoms with Crippen molar-refractivity contribution in [3.63, 3.8) is 0 Å². The molecule has 0 amide bonds. The largest absolute Gasteiger partial charge is 0.395 e. The molecule has 106 valence electrons. The third kappa shape index (κ3) is 3.74. The summed E-state index contributed by atoms with van der Waals surface area (Å²) in [6.45, 7) is 0.731. The van der Waals surface area contributed by atoms with Crippen LogP contribution in [-0.4, -0.2) is 29.2 Å². The fourth-order valence-corrected chi connectivity index (χ4v) is 2.85. The van der Waals surface area contributed by atoms with Crippen LogP contribution in [0.5, 0.6) is 0 Å². The Kier molecular flexibility index (Phi) is 5.28. The molecule has 1 saturated carbocycles. The maximum absolute atomic E-state index is 13.7. The van der Waals surface area contributed by atoms with E-state index in [2.05, 4.69) is 0 Å². The second-order valence-corrected chi connectivity index (χ2v) is 5.19. The first-order valence-electron chi connectivity index (χ1n) is 7.00. The van der Waals surface area contributed by atoms with E-state index in [-0.39, 0.29) is 18.7 Å². The fourth-order valence-electron chi connectivity index (χ4n) is 2.85. The molecule has 0 saturated heterocycles. The molecule has 0 aliphatic heterocycles. The Morgan fingerprint density at radius 2 is 1.74 bits per heavy atom. The van der Waals surface area contributed by atoms with Crippen molar-refractivity contribution in [2.45, 2.75) is 44.7 Å². The summed E-state index contributed by atoms with van der Waals surface area (Å²) in [7, 11) is 0. The number of halogens is 2. The highest BCUT2D eigenvalue weighted by Crippen LogP contribution is 2.25. The van der Waals surface area contributed by atoms with Gasteiger partial charge in [-0.3, -0.25) is 4.90 Å². The molecule has 0 unspecified atom stereocenters. The molecule has 1 fully saturated rings. The Labute approximate surface area is 113 Å². The molecule has 2 nitrogen and oxygen atoms in total. The summed E-state index contributed by atoms with van der Waals surface area (Å²) in [4.78, 5) is 2.01. The Hall–Kier alpha value is -1.00. The van der Waals surface area contributed by atoms with Gasteiger partial charge in [-0.2, -0.15) is 0 Å². The summed E-state index contributed by atoms with van der Waals surface area (Å²) in [5, 5.41) is 9.15. The van der Waals surface area contributed by atoms with Crippen molar-refractivity contribution in [3.05, 3.63) is 35.4 Å². The molecule has 1 aliphatic rings. The molecule has 0 heterocycles. The van der Waals surface area contributed by atoms with Crippen molar-refractivity contribution in [1.29, 1.82) is 0 Å². The number of aliphatic hydroxyl groups is 1. The number of aliphatic hydroxyl groups excluding tert-OH is 1. The van der Waals surface area contributed by atoms with Crippen LogP contribution >= 0.6 is 0 Å². The van der Waals surface area contributed by atoms with Crippen LogP contribution in [0.15, 0.2) is 18.2 Å². The van der Waals surface area contributed by atoms with Crippen molar-refractivity contribution < 1.29 is 13.9 Å². The Balaban J connectivity index is 2.11. The highest BCUT2D eigenvalue weighted by Gasteiger charge is 2.22. The van der Waals surface area contributed by atoms with E-state index in [1.54, 1.807) is 0 Å². The minimum absolute atomic E-state index is 0.0204. The van der Waals surface area contributed by atoms with Crippen molar-refractivity contribution >= 4 is 0 Å². The Morgan fingerprint density at radius 3 is 2.32 bits per heavy atom. The lowest BCUT2D eigenvalue weighted by atomic mass is 9.94. The third-order valence-electron chi connectivity index (χ3n) is 3.90. The number of hydrogen-bond donors (Lipinski definition) is 1. The summed E-state index contributed by atoms with van der Waals surface area (Å²) in [6.07, 6.45) is 5.66. The average molecular weight is 269 g/mol. The van der Waals surface area contributed by atoms with Crippen molar-refractivity contribution in [2.75, 3.05) is 13.2 Å². The summed E-state index contributed by atoms with van der Waals surface area (Å²) in [5.41, 5.74) is 0.113. The highest BCUT2D eigenvalue weighted by molar-refractivity contribution is 5.19. The van der Waals surface area contributed by atoms with E-state index in [1.165, 1.54) is 24.6 Å². The van der Waals surface area contributed by atoms with Gasteiger partial charge in [0.15, 0.2) is 0 Å². The molecule has 0 spiro atoms. The van der Waals surface area contributed by atoms with E-state index < -0.39 is 11.6 Å². The molecule has 1 aliphatic carbocycles. The average Bonchev–Trinajstić information content (AvgIpc) is 2.43. The van der Waals surface area contributed by atoms with E-state index in [0.717, 1.165) is 25.7 Å². The Morgan fingerprint density at radius 1 is 1.11 bits per heavy atom. The lowest BCUT2D eigenvalue weighted by molar-refractivity contribution is 0.114. The third-order valence-corrected chi connectivity index (χ3v) is 3.90. The second kappa shape index (κ2) is 6.96. The lowest BCUT2D eigenvalue weighted by Crippen LogP contribution is -2.38. The molecular formula is C15H21F2NO. The first-order valence-corrected chi connectivity index (χ1v) is 7.00. The van der Waals surface area contributed by atoms with Gasteiger partial charge in [0.25, 0.3) is 0 Å². The van der Waals surface area contributed by atoms with Crippen LogP contribution in [0, 0.1) is 11.6 Å². The van der Waals surface area contributed by atoms with E-state index in [4.69, 9.17) is 5.11 Å². The summed E-state index contributed by atoms with van der Waals surface area (Å²) < 4.78 is 27.4. The molecule has 4 heteroatoms. The van der Waals surface area contributed by atoms with E-state index >= 15 is 0 Å². The van der Waals surface area contributed by atoms with Gasteiger partial charge in [0.1, 0.15) is 11.6 Å². The van der Waals surface area contributed by atoms with Crippen LogP contribution in [0.1, 0.15) is 37.7 Å². The predicted molar refractivity (Wildman–Crippen MR) is 70.7 cm³/mol. The van der Waals surface area contributed by atoms with Gasteiger partial charge in [-0.15, -0.1) is 0 Å². The van der Waals surface area contributed by atoms with E-state index in [9.17, 15) is 8.78 Å². The minimum atomic E-state index is -0.501. The van der Waals surface area contributed by atoms with Crippen LogP contribution in [0.25, 0.3) is 0 Å². The first kappa shape index (κ1) is 14.4. The molecule has 0 radical (unpaired) electrons. The van der Waals surface area contributed by atoms with E-state index in [1.807, 2.05) is 4.90 Å². The highest BCUT2D eigenvalue weighted by atomic mass is 19.1. The molecule has 0 aromatic heterocycles. The van der Waals surface area contributed by atoms with Gasteiger partial charge < -0.3 is 5.11 Å². The van der Waals surface area contributed by atoms with Gasteiger partial charge in [-0.25, -0.2) is 8.78 Å². The number of hydrogen-bond acceptors (Lipinski definition) is 2. The Bertz CT molecular complexity index is 385. The predicted octanol–water partition coefficient (Wildman–Crippen LogP) is 3.09. The quantitative estimate of drug-likeness (QED) is 0.888. The van der Waals surface area contributed by atoms with Crippen LogP contribution in [-0.2, 0) is 6.54 Å². The van der Waals surface area contributed by atoms with Gasteiger partial charge in [-0.1, -0.05) is 25.3 Å². The number of benzene rings is 1. The van der Waals surface area contributed by atoms with Gasteiger partial charge in [-0.05, 0) is 25.0 Å². The van der Waals surface area contributed by atoms with Gasteiger partial charge in [0.05, 0.1) is 6.61 Å². The van der Waals surface area contributed by atoms with Crippen LogP contribution < -0.4 is 0 Å². The van der Waals surface area contributed by atoms with Crippen molar-refractivity contribution in [2.24, 2.45) is 0 Å². The summed E-state index contributed by atoms with van der Waals surface area (Å²) in [6, 6.07) is 4.29. The summed E-state index contributed by atoms with van der Waals surface area (Å²) >= 11 is 0. The van der Waals surface area contributed by atoms with E-state index in [0.29, 0.717) is 12.6 Å². The SMILES string of the molecule is OCCN(Cc1c(F)cccc1F)C1CCCCC1. The maximum Gasteiger partial charge on any atom is 0.130 e. The molecule has 1 aromatic carbocycles. The maximum atomic E-state index is 13.7. The normalized spacial score (nSPS) is 17.1.